The molecule has 2 rings (SSSR count). The number of likely N-dealkylation sites (N-methyl/N-ethyl adjacent to an activating group) is 2. The van der Waals surface area contributed by atoms with E-state index >= 15 is 0 Å². The van der Waals surface area contributed by atoms with Gasteiger partial charge in [-0.25, -0.2) is 0 Å². The third kappa shape index (κ3) is 4.44. The van der Waals surface area contributed by atoms with E-state index in [9.17, 15) is 0 Å². The molecule has 1 aliphatic heterocycles. The molecular weight excluding hydrogens is 246 g/mol. The van der Waals surface area contributed by atoms with Gasteiger partial charge in [0, 0.05) is 38.3 Å². The number of hydrogen-bond donors (Lipinski definition) is 1. The van der Waals surface area contributed by atoms with Gasteiger partial charge in [-0.2, -0.15) is 0 Å². The van der Waals surface area contributed by atoms with Crippen LogP contribution in [0, 0.1) is 10.8 Å². The first-order valence-corrected chi connectivity index (χ1v) is 8.29. The molecule has 0 aromatic heterocycles. The highest BCUT2D eigenvalue weighted by Crippen LogP contribution is 2.45. The molecule has 0 amide bonds. The van der Waals surface area contributed by atoms with Crippen molar-refractivity contribution in [2.24, 2.45) is 10.8 Å². The van der Waals surface area contributed by atoms with Crippen molar-refractivity contribution < 1.29 is 0 Å². The number of nitrogens with zero attached hydrogens (tertiary/aromatic N) is 2. The summed E-state index contributed by atoms with van der Waals surface area (Å²) in [6, 6.07) is 1.36. The van der Waals surface area contributed by atoms with Gasteiger partial charge in [0.15, 0.2) is 0 Å². The molecule has 1 N–H and O–H groups in total. The van der Waals surface area contributed by atoms with Crippen LogP contribution >= 0.6 is 0 Å². The summed E-state index contributed by atoms with van der Waals surface area (Å²) >= 11 is 0. The normalized spacial score (nSPS) is 32.4. The minimum Gasteiger partial charge on any atom is -0.312 e. The summed E-state index contributed by atoms with van der Waals surface area (Å²) in [4.78, 5) is 4.98. The van der Waals surface area contributed by atoms with Crippen LogP contribution in [0.15, 0.2) is 0 Å². The first-order chi connectivity index (χ1) is 9.17. The van der Waals surface area contributed by atoms with Crippen LogP contribution in [0.25, 0.3) is 0 Å². The molecule has 0 bridgehead atoms. The van der Waals surface area contributed by atoms with Gasteiger partial charge in [0.2, 0.25) is 0 Å². The molecule has 118 valence electrons. The third-order valence-corrected chi connectivity index (χ3v) is 5.18. The second-order valence-corrected chi connectivity index (χ2v) is 8.92. The molecule has 0 radical (unpaired) electrons. The smallest absolute Gasteiger partial charge is 0.0345 e. The lowest BCUT2D eigenvalue weighted by Crippen LogP contribution is -2.55. The third-order valence-electron chi connectivity index (χ3n) is 5.18. The van der Waals surface area contributed by atoms with Gasteiger partial charge in [-0.3, -0.25) is 4.90 Å². The molecule has 20 heavy (non-hydrogen) atoms. The predicted molar refractivity (Wildman–Crippen MR) is 87.1 cm³/mol. The first-order valence-electron chi connectivity index (χ1n) is 8.29. The van der Waals surface area contributed by atoms with Gasteiger partial charge < -0.3 is 10.2 Å². The Kier molecular flexibility index (Phi) is 4.83. The first kappa shape index (κ1) is 16.3. The summed E-state index contributed by atoms with van der Waals surface area (Å²) in [5.41, 5.74) is 0.962. The van der Waals surface area contributed by atoms with E-state index in [1.54, 1.807) is 0 Å². The van der Waals surface area contributed by atoms with E-state index in [2.05, 4.69) is 56.9 Å². The number of piperazine rings is 1. The Balaban J connectivity index is 1.86. The van der Waals surface area contributed by atoms with Crippen LogP contribution in [0.1, 0.15) is 47.0 Å². The topological polar surface area (TPSA) is 18.5 Å². The Morgan fingerprint density at radius 3 is 2.20 bits per heavy atom. The van der Waals surface area contributed by atoms with Gasteiger partial charge in [0.25, 0.3) is 0 Å². The van der Waals surface area contributed by atoms with E-state index in [1.807, 2.05) is 0 Å². The maximum atomic E-state index is 3.89. The average Bonchev–Trinajstić information content (AvgIpc) is 2.26. The Labute approximate surface area is 126 Å². The molecule has 1 saturated heterocycles. The quantitative estimate of drug-likeness (QED) is 0.857. The van der Waals surface area contributed by atoms with E-state index in [4.69, 9.17) is 0 Å². The SMILES string of the molecule is CN1CCN(C)C(CNC2CC(C)(C)CC(C)(C)C2)C1. The Bertz CT molecular complexity index is 308. The van der Waals surface area contributed by atoms with Crippen molar-refractivity contribution in [2.45, 2.75) is 59.0 Å². The number of hydrogen-bond acceptors (Lipinski definition) is 3. The average molecular weight is 281 g/mol. The van der Waals surface area contributed by atoms with Crippen LogP contribution in [0.4, 0.5) is 0 Å². The fourth-order valence-electron chi connectivity index (χ4n) is 4.61. The van der Waals surface area contributed by atoms with Crippen molar-refractivity contribution in [3.8, 4) is 0 Å². The molecule has 2 fully saturated rings. The van der Waals surface area contributed by atoms with Crippen LogP contribution in [-0.4, -0.2) is 62.2 Å². The maximum absolute atomic E-state index is 3.89. The zero-order valence-electron chi connectivity index (χ0n) is 14.5. The Morgan fingerprint density at radius 2 is 1.60 bits per heavy atom. The lowest BCUT2D eigenvalue weighted by atomic mass is 9.63. The lowest BCUT2D eigenvalue weighted by Gasteiger charge is -2.46. The highest BCUT2D eigenvalue weighted by Gasteiger charge is 2.38. The van der Waals surface area contributed by atoms with Gasteiger partial charge in [0.05, 0.1) is 0 Å². The minimum absolute atomic E-state index is 0.481. The summed E-state index contributed by atoms with van der Waals surface area (Å²) in [6.07, 6.45) is 4.00. The molecule has 1 heterocycles. The van der Waals surface area contributed by atoms with Gasteiger partial charge in [-0.15, -0.1) is 0 Å². The van der Waals surface area contributed by atoms with E-state index < -0.39 is 0 Å². The molecule has 1 unspecified atom stereocenters. The fourth-order valence-corrected chi connectivity index (χ4v) is 4.61. The Hall–Kier alpha value is -0.120. The molecule has 0 aromatic rings. The van der Waals surface area contributed by atoms with Gasteiger partial charge in [-0.1, -0.05) is 27.7 Å². The van der Waals surface area contributed by atoms with E-state index in [0.29, 0.717) is 22.9 Å². The second-order valence-electron chi connectivity index (χ2n) is 8.92. The van der Waals surface area contributed by atoms with Crippen LogP contribution in [-0.2, 0) is 0 Å². The molecule has 1 atom stereocenters. The van der Waals surface area contributed by atoms with Crippen LogP contribution in [0.5, 0.6) is 0 Å². The molecule has 0 aromatic carbocycles. The molecule has 0 spiro atoms. The van der Waals surface area contributed by atoms with Crippen LogP contribution in [0.2, 0.25) is 0 Å². The summed E-state index contributed by atoms with van der Waals surface area (Å²) in [6.45, 7) is 14.5. The largest absolute Gasteiger partial charge is 0.312 e. The maximum Gasteiger partial charge on any atom is 0.0345 e. The fraction of sp³-hybridized carbons (Fsp3) is 1.00. The van der Waals surface area contributed by atoms with Gasteiger partial charge >= 0.3 is 0 Å². The summed E-state index contributed by atoms with van der Waals surface area (Å²) in [5, 5.41) is 3.89. The van der Waals surface area contributed by atoms with Crippen LogP contribution in [0.3, 0.4) is 0 Å². The van der Waals surface area contributed by atoms with Crippen molar-refractivity contribution in [2.75, 3.05) is 40.3 Å². The zero-order valence-corrected chi connectivity index (χ0v) is 14.5. The highest BCUT2D eigenvalue weighted by molar-refractivity contribution is 4.93. The second kappa shape index (κ2) is 5.94. The molecule has 2 aliphatic rings. The van der Waals surface area contributed by atoms with Gasteiger partial charge in [-0.05, 0) is 44.2 Å². The van der Waals surface area contributed by atoms with Crippen LogP contribution < -0.4 is 5.32 Å². The molecule has 3 heteroatoms. The molecule has 1 saturated carbocycles. The number of nitrogens with one attached hydrogen (secondary N) is 1. The van der Waals surface area contributed by atoms with Crippen molar-refractivity contribution in [3.05, 3.63) is 0 Å². The highest BCUT2D eigenvalue weighted by atomic mass is 15.3. The summed E-state index contributed by atoms with van der Waals surface area (Å²) in [7, 11) is 4.51. The van der Waals surface area contributed by atoms with E-state index in [0.717, 1.165) is 6.54 Å². The van der Waals surface area contributed by atoms with Gasteiger partial charge in [0.1, 0.15) is 0 Å². The predicted octanol–water partition coefficient (Wildman–Crippen LogP) is 2.43. The molecule has 3 nitrogen and oxygen atoms in total. The van der Waals surface area contributed by atoms with Crippen molar-refractivity contribution in [1.29, 1.82) is 0 Å². The van der Waals surface area contributed by atoms with Crippen molar-refractivity contribution in [3.63, 3.8) is 0 Å². The lowest BCUT2D eigenvalue weighted by molar-refractivity contribution is 0.0715. The molecular formula is C17H35N3. The minimum atomic E-state index is 0.481. The van der Waals surface area contributed by atoms with Crippen molar-refractivity contribution >= 4 is 0 Å². The molecule has 1 aliphatic carbocycles. The van der Waals surface area contributed by atoms with Crippen molar-refractivity contribution in [1.82, 2.24) is 15.1 Å². The standard InChI is InChI=1S/C17H35N3/c1-16(2)9-14(10-17(3,4)13-16)18-11-15-12-19(5)7-8-20(15)6/h14-15,18H,7-13H2,1-6H3. The number of rotatable bonds is 3. The van der Waals surface area contributed by atoms with E-state index in [1.165, 1.54) is 38.9 Å². The summed E-state index contributed by atoms with van der Waals surface area (Å²) < 4.78 is 0. The zero-order chi connectivity index (χ0) is 15.0. The van der Waals surface area contributed by atoms with E-state index in [-0.39, 0.29) is 0 Å². The summed E-state index contributed by atoms with van der Waals surface area (Å²) in [5.74, 6) is 0. The Morgan fingerprint density at radius 1 is 1.00 bits per heavy atom. The monoisotopic (exact) mass is 281 g/mol.